The second kappa shape index (κ2) is 8.02. The van der Waals surface area contributed by atoms with Crippen LogP contribution in [0, 0.1) is 0 Å². The summed E-state index contributed by atoms with van der Waals surface area (Å²) in [6, 6.07) is 0. The zero-order chi connectivity index (χ0) is 8.53. The summed E-state index contributed by atoms with van der Waals surface area (Å²) in [5, 5.41) is 3.33. The highest BCUT2D eigenvalue weighted by Gasteiger charge is 1.91. The molecule has 0 aromatic carbocycles. The second-order valence-electron chi connectivity index (χ2n) is 3.02. The van der Waals surface area contributed by atoms with Gasteiger partial charge in [0.1, 0.15) is 0 Å². The van der Waals surface area contributed by atoms with Crippen molar-refractivity contribution in [3.63, 3.8) is 0 Å². The summed E-state index contributed by atoms with van der Waals surface area (Å²) in [4.78, 5) is 0. The predicted octanol–water partition coefficient (Wildman–Crippen LogP) is 1.80. The zero-order valence-corrected chi connectivity index (χ0v) is 8.02. The van der Waals surface area contributed by atoms with Crippen LogP contribution >= 0.6 is 0 Å². The van der Waals surface area contributed by atoms with E-state index in [1.807, 2.05) is 0 Å². The molecule has 0 rings (SSSR count). The normalized spacial score (nSPS) is 10.9. The second-order valence-corrected chi connectivity index (χ2v) is 3.02. The summed E-state index contributed by atoms with van der Waals surface area (Å²) in [6.07, 6.45) is 2.71. The Hall–Kier alpha value is -0.0800. The summed E-state index contributed by atoms with van der Waals surface area (Å²) in [6.45, 7) is 9.41. The summed E-state index contributed by atoms with van der Waals surface area (Å²) < 4.78 is 5.38. The van der Waals surface area contributed by atoms with E-state index in [-0.39, 0.29) is 0 Å². The smallest absolute Gasteiger partial charge is 0.0518 e. The summed E-state index contributed by atoms with van der Waals surface area (Å²) in [5.74, 6) is 0. The Morgan fingerprint density at radius 1 is 1.27 bits per heavy atom. The number of nitrogens with one attached hydrogen (secondary N) is 1. The maximum Gasteiger partial charge on any atom is 0.0518 e. The van der Waals surface area contributed by atoms with E-state index in [1.54, 1.807) is 0 Å². The van der Waals surface area contributed by atoms with Crippen LogP contribution in [-0.4, -0.2) is 25.8 Å². The van der Waals surface area contributed by atoms with E-state index in [9.17, 15) is 0 Å². The first-order valence-electron chi connectivity index (χ1n) is 4.59. The largest absolute Gasteiger partial charge is 0.379 e. The van der Waals surface area contributed by atoms with Gasteiger partial charge in [0, 0.05) is 6.61 Å². The molecule has 0 aliphatic carbocycles. The number of rotatable bonds is 7. The van der Waals surface area contributed by atoms with Crippen LogP contribution < -0.4 is 5.32 Å². The van der Waals surface area contributed by atoms with Crippen LogP contribution in [0.1, 0.15) is 33.6 Å². The Kier molecular flexibility index (Phi) is 7.96. The van der Waals surface area contributed by atoms with Crippen molar-refractivity contribution in [3.8, 4) is 0 Å². The van der Waals surface area contributed by atoms with Crippen LogP contribution in [0.3, 0.4) is 0 Å². The van der Waals surface area contributed by atoms with Crippen molar-refractivity contribution in [1.29, 1.82) is 0 Å². The van der Waals surface area contributed by atoms with Gasteiger partial charge in [-0.3, -0.25) is 0 Å². The molecule has 0 aromatic heterocycles. The average molecular weight is 159 g/mol. The van der Waals surface area contributed by atoms with Crippen molar-refractivity contribution in [2.24, 2.45) is 0 Å². The van der Waals surface area contributed by atoms with Gasteiger partial charge in [-0.25, -0.2) is 0 Å². The lowest BCUT2D eigenvalue weighted by Crippen LogP contribution is -2.18. The fourth-order valence-electron chi connectivity index (χ4n) is 0.818. The van der Waals surface area contributed by atoms with Crippen molar-refractivity contribution < 1.29 is 4.74 Å². The molecular weight excluding hydrogens is 138 g/mol. The standard InChI is InChI=1S/C9H21NO/c1-4-6-10-7-5-8-11-9(2)3/h9-10H,4-8H2,1-3H3. The molecule has 0 saturated heterocycles. The molecule has 0 radical (unpaired) electrons. The number of hydrogen-bond donors (Lipinski definition) is 1. The van der Waals surface area contributed by atoms with Crippen molar-refractivity contribution in [2.75, 3.05) is 19.7 Å². The Balaban J connectivity index is 2.80. The van der Waals surface area contributed by atoms with Crippen LogP contribution in [0.15, 0.2) is 0 Å². The van der Waals surface area contributed by atoms with E-state index in [0.29, 0.717) is 6.10 Å². The van der Waals surface area contributed by atoms with Crippen LogP contribution in [0.4, 0.5) is 0 Å². The molecule has 0 bridgehead atoms. The van der Waals surface area contributed by atoms with Crippen LogP contribution in [-0.2, 0) is 4.74 Å². The molecule has 68 valence electrons. The third-order valence-corrected chi connectivity index (χ3v) is 1.38. The van der Waals surface area contributed by atoms with Gasteiger partial charge < -0.3 is 10.1 Å². The third kappa shape index (κ3) is 9.92. The predicted molar refractivity (Wildman–Crippen MR) is 48.9 cm³/mol. The molecule has 0 fully saturated rings. The molecule has 0 atom stereocenters. The van der Waals surface area contributed by atoms with Gasteiger partial charge in [0.25, 0.3) is 0 Å². The molecule has 0 heterocycles. The van der Waals surface area contributed by atoms with E-state index in [0.717, 1.165) is 26.1 Å². The first-order chi connectivity index (χ1) is 5.27. The summed E-state index contributed by atoms with van der Waals surface area (Å²) in [5.41, 5.74) is 0. The summed E-state index contributed by atoms with van der Waals surface area (Å²) in [7, 11) is 0. The van der Waals surface area contributed by atoms with Gasteiger partial charge in [-0.1, -0.05) is 6.92 Å². The monoisotopic (exact) mass is 159 g/mol. The zero-order valence-electron chi connectivity index (χ0n) is 8.02. The van der Waals surface area contributed by atoms with E-state index in [1.165, 1.54) is 6.42 Å². The van der Waals surface area contributed by atoms with E-state index in [4.69, 9.17) is 4.74 Å². The molecule has 2 heteroatoms. The first kappa shape index (κ1) is 10.9. The molecule has 0 aliphatic rings. The highest BCUT2D eigenvalue weighted by Crippen LogP contribution is 1.88. The van der Waals surface area contributed by atoms with E-state index in [2.05, 4.69) is 26.1 Å². The summed E-state index contributed by atoms with van der Waals surface area (Å²) >= 11 is 0. The number of hydrogen-bond acceptors (Lipinski definition) is 2. The van der Waals surface area contributed by atoms with Gasteiger partial charge >= 0.3 is 0 Å². The van der Waals surface area contributed by atoms with Crippen LogP contribution in [0.25, 0.3) is 0 Å². The molecule has 0 aliphatic heterocycles. The minimum atomic E-state index is 0.376. The molecule has 0 saturated carbocycles. The number of ether oxygens (including phenoxy) is 1. The average Bonchev–Trinajstić information content (AvgIpc) is 1.96. The molecule has 0 spiro atoms. The maximum absolute atomic E-state index is 5.38. The topological polar surface area (TPSA) is 21.3 Å². The molecule has 1 N–H and O–H groups in total. The van der Waals surface area contributed by atoms with Crippen molar-refractivity contribution in [3.05, 3.63) is 0 Å². The first-order valence-corrected chi connectivity index (χ1v) is 4.59. The van der Waals surface area contributed by atoms with Crippen molar-refractivity contribution in [2.45, 2.75) is 39.7 Å². The highest BCUT2D eigenvalue weighted by atomic mass is 16.5. The van der Waals surface area contributed by atoms with Gasteiger partial charge in [0.15, 0.2) is 0 Å². The maximum atomic E-state index is 5.38. The fraction of sp³-hybridized carbons (Fsp3) is 1.00. The van der Waals surface area contributed by atoms with Crippen LogP contribution in [0.5, 0.6) is 0 Å². The van der Waals surface area contributed by atoms with Crippen molar-refractivity contribution >= 4 is 0 Å². The highest BCUT2D eigenvalue weighted by molar-refractivity contribution is 4.46. The van der Waals surface area contributed by atoms with Gasteiger partial charge in [-0.15, -0.1) is 0 Å². The lowest BCUT2D eigenvalue weighted by atomic mass is 10.4. The third-order valence-electron chi connectivity index (χ3n) is 1.38. The molecule has 0 amide bonds. The lowest BCUT2D eigenvalue weighted by Gasteiger charge is -2.07. The van der Waals surface area contributed by atoms with Gasteiger partial charge in [0.05, 0.1) is 6.10 Å². The van der Waals surface area contributed by atoms with Gasteiger partial charge in [-0.2, -0.15) is 0 Å². The van der Waals surface area contributed by atoms with E-state index < -0.39 is 0 Å². The van der Waals surface area contributed by atoms with Gasteiger partial charge in [-0.05, 0) is 39.8 Å². The fourth-order valence-corrected chi connectivity index (χ4v) is 0.818. The Morgan fingerprint density at radius 3 is 2.55 bits per heavy atom. The Labute approximate surface area is 70.3 Å². The molecular formula is C9H21NO. The lowest BCUT2D eigenvalue weighted by molar-refractivity contribution is 0.0771. The SMILES string of the molecule is CCCNCCCOC(C)C. The Morgan fingerprint density at radius 2 is 2.00 bits per heavy atom. The molecule has 11 heavy (non-hydrogen) atoms. The van der Waals surface area contributed by atoms with Gasteiger partial charge in [0.2, 0.25) is 0 Å². The van der Waals surface area contributed by atoms with Crippen molar-refractivity contribution in [1.82, 2.24) is 5.32 Å². The Bertz CT molecular complexity index is 74.0. The molecule has 0 unspecified atom stereocenters. The minimum Gasteiger partial charge on any atom is -0.379 e. The quantitative estimate of drug-likeness (QED) is 0.572. The molecule has 2 nitrogen and oxygen atoms in total. The van der Waals surface area contributed by atoms with Crippen LogP contribution in [0.2, 0.25) is 0 Å². The van der Waals surface area contributed by atoms with E-state index >= 15 is 0 Å². The minimum absolute atomic E-state index is 0.376. The molecule has 0 aromatic rings.